The molecule has 0 aliphatic heterocycles. The number of anilines is 1. The first-order valence-electron chi connectivity index (χ1n) is 10.5. The number of nitrogens with zero attached hydrogens (tertiary/aromatic N) is 1. The highest BCUT2D eigenvalue weighted by Gasteiger charge is 2.18. The van der Waals surface area contributed by atoms with E-state index in [2.05, 4.69) is 31.4 Å². The van der Waals surface area contributed by atoms with Crippen LogP contribution in [0, 0.1) is 15.9 Å². The molecular formula is C26H24FN3O4. The van der Waals surface area contributed by atoms with Gasteiger partial charge >= 0.3 is 0 Å². The molecule has 34 heavy (non-hydrogen) atoms. The van der Waals surface area contributed by atoms with E-state index in [9.17, 15) is 24.1 Å². The van der Waals surface area contributed by atoms with E-state index in [0.717, 1.165) is 11.6 Å². The Kier molecular flexibility index (Phi) is 7.21. The zero-order valence-electron chi connectivity index (χ0n) is 19.0. The van der Waals surface area contributed by atoms with E-state index >= 15 is 0 Å². The molecule has 0 aliphatic carbocycles. The molecule has 0 unspecified atom stereocenters. The number of hydrogen-bond acceptors (Lipinski definition) is 4. The molecule has 0 heterocycles. The Morgan fingerprint density at radius 3 is 2.18 bits per heavy atom. The fourth-order valence-electron chi connectivity index (χ4n) is 3.10. The molecule has 3 rings (SSSR count). The minimum Gasteiger partial charge on any atom is -0.321 e. The van der Waals surface area contributed by atoms with Crippen molar-refractivity contribution in [2.45, 2.75) is 26.2 Å². The Bertz CT molecular complexity index is 1240. The molecule has 3 aromatic carbocycles. The number of nitrogens with one attached hydrogen (secondary N) is 2. The fourth-order valence-corrected chi connectivity index (χ4v) is 3.10. The van der Waals surface area contributed by atoms with Gasteiger partial charge in [-0.1, -0.05) is 39.0 Å². The van der Waals surface area contributed by atoms with Crippen molar-refractivity contribution in [3.05, 3.63) is 111 Å². The van der Waals surface area contributed by atoms with Gasteiger partial charge in [0.25, 0.3) is 17.5 Å². The summed E-state index contributed by atoms with van der Waals surface area (Å²) in [5.74, 6) is -1.71. The number of nitro groups is 1. The Balaban J connectivity index is 1.89. The van der Waals surface area contributed by atoms with Crippen molar-refractivity contribution >= 4 is 29.3 Å². The van der Waals surface area contributed by atoms with Crippen LogP contribution in [-0.4, -0.2) is 16.7 Å². The molecule has 0 fully saturated rings. The SMILES string of the molecule is CC(C)(C)c1ccc(C(=O)N/C(=C\c2ccc([N+](=O)[O-])cc2)C(=O)Nc2cccc(F)c2)cc1. The van der Waals surface area contributed by atoms with Gasteiger partial charge in [-0.15, -0.1) is 0 Å². The van der Waals surface area contributed by atoms with Crippen LogP contribution in [0.5, 0.6) is 0 Å². The van der Waals surface area contributed by atoms with Gasteiger partial charge in [-0.3, -0.25) is 19.7 Å². The van der Waals surface area contributed by atoms with Crippen molar-refractivity contribution in [1.82, 2.24) is 5.32 Å². The molecule has 0 saturated carbocycles. The first-order chi connectivity index (χ1) is 16.0. The normalized spacial score (nSPS) is 11.6. The molecule has 7 nitrogen and oxygen atoms in total. The maximum Gasteiger partial charge on any atom is 0.272 e. The van der Waals surface area contributed by atoms with Crippen LogP contribution in [0.2, 0.25) is 0 Å². The predicted octanol–water partition coefficient (Wildman–Crippen LogP) is 5.44. The molecule has 8 heteroatoms. The van der Waals surface area contributed by atoms with Crippen molar-refractivity contribution in [2.75, 3.05) is 5.32 Å². The summed E-state index contributed by atoms with van der Waals surface area (Å²) in [6, 6.07) is 17.9. The zero-order valence-corrected chi connectivity index (χ0v) is 19.0. The Morgan fingerprint density at radius 2 is 1.62 bits per heavy atom. The second-order valence-electron chi connectivity index (χ2n) is 8.65. The summed E-state index contributed by atoms with van der Waals surface area (Å²) in [7, 11) is 0. The number of hydrogen-bond donors (Lipinski definition) is 2. The number of halogens is 1. The van der Waals surface area contributed by atoms with Gasteiger partial charge in [0.1, 0.15) is 11.5 Å². The van der Waals surface area contributed by atoms with Crippen molar-refractivity contribution in [2.24, 2.45) is 0 Å². The molecule has 0 aromatic heterocycles. The number of nitro benzene ring substituents is 1. The highest BCUT2D eigenvalue weighted by Crippen LogP contribution is 2.22. The number of carbonyl (C=O) groups is 2. The molecule has 0 bridgehead atoms. The average Bonchev–Trinajstić information content (AvgIpc) is 2.78. The van der Waals surface area contributed by atoms with Gasteiger partial charge in [0, 0.05) is 23.4 Å². The topological polar surface area (TPSA) is 101 Å². The molecule has 0 spiro atoms. The summed E-state index contributed by atoms with van der Waals surface area (Å²) in [5.41, 5.74) is 1.77. The molecule has 3 aromatic rings. The first-order valence-corrected chi connectivity index (χ1v) is 10.5. The van der Waals surface area contributed by atoms with E-state index < -0.39 is 22.6 Å². The van der Waals surface area contributed by atoms with E-state index in [4.69, 9.17) is 0 Å². The summed E-state index contributed by atoms with van der Waals surface area (Å²) in [4.78, 5) is 36.2. The Labute approximate surface area is 196 Å². The van der Waals surface area contributed by atoms with Gasteiger partial charge in [0.15, 0.2) is 0 Å². The van der Waals surface area contributed by atoms with E-state index in [-0.39, 0.29) is 22.5 Å². The summed E-state index contributed by atoms with van der Waals surface area (Å²) >= 11 is 0. The van der Waals surface area contributed by atoms with Crippen LogP contribution < -0.4 is 10.6 Å². The molecule has 2 amide bonds. The maximum atomic E-state index is 13.5. The van der Waals surface area contributed by atoms with Crippen molar-refractivity contribution in [3.8, 4) is 0 Å². The van der Waals surface area contributed by atoms with Gasteiger partial charge in [0.2, 0.25) is 0 Å². The van der Waals surface area contributed by atoms with Gasteiger partial charge in [-0.2, -0.15) is 0 Å². The quantitative estimate of drug-likeness (QED) is 0.290. The standard InChI is InChI=1S/C26H24FN3O4/c1-26(2,3)19-11-9-18(10-12-19)24(31)29-23(15-17-7-13-22(14-8-17)30(33)34)25(32)28-21-6-4-5-20(27)16-21/h4-16H,1-3H3,(H,28,32)(H,29,31)/b23-15-. The third-order valence-electron chi connectivity index (χ3n) is 5.00. The Hall–Kier alpha value is -4.33. The van der Waals surface area contributed by atoms with Gasteiger partial charge in [-0.25, -0.2) is 4.39 Å². The minimum absolute atomic E-state index is 0.0825. The van der Waals surface area contributed by atoms with E-state index in [1.807, 2.05) is 12.1 Å². The smallest absolute Gasteiger partial charge is 0.272 e. The van der Waals surface area contributed by atoms with Crippen LogP contribution in [0.1, 0.15) is 42.3 Å². The van der Waals surface area contributed by atoms with Gasteiger partial charge in [0.05, 0.1) is 4.92 Å². The summed E-state index contributed by atoms with van der Waals surface area (Å²) in [6.07, 6.45) is 1.39. The minimum atomic E-state index is -0.677. The highest BCUT2D eigenvalue weighted by atomic mass is 19.1. The Morgan fingerprint density at radius 1 is 0.971 bits per heavy atom. The molecule has 0 saturated heterocycles. The van der Waals surface area contributed by atoms with Crippen LogP contribution in [0.4, 0.5) is 15.8 Å². The van der Waals surface area contributed by atoms with Crippen LogP contribution >= 0.6 is 0 Å². The first kappa shape index (κ1) is 24.3. The van der Waals surface area contributed by atoms with E-state index in [0.29, 0.717) is 11.1 Å². The number of benzene rings is 3. The largest absolute Gasteiger partial charge is 0.321 e. The molecule has 0 radical (unpaired) electrons. The van der Waals surface area contributed by atoms with Crippen LogP contribution in [0.25, 0.3) is 6.08 Å². The van der Waals surface area contributed by atoms with Crippen LogP contribution in [0.15, 0.2) is 78.5 Å². The average molecular weight is 461 g/mol. The summed E-state index contributed by atoms with van der Waals surface area (Å²) < 4.78 is 13.5. The van der Waals surface area contributed by atoms with E-state index in [1.54, 1.807) is 12.1 Å². The fraction of sp³-hybridized carbons (Fsp3) is 0.154. The molecule has 0 aliphatic rings. The lowest BCUT2D eigenvalue weighted by Gasteiger charge is -2.19. The summed E-state index contributed by atoms with van der Waals surface area (Å²) in [6.45, 7) is 6.18. The van der Waals surface area contributed by atoms with Crippen molar-refractivity contribution in [3.63, 3.8) is 0 Å². The maximum absolute atomic E-state index is 13.5. The summed E-state index contributed by atoms with van der Waals surface area (Å²) in [5, 5.41) is 16.0. The number of non-ortho nitro benzene ring substituents is 1. The lowest BCUT2D eigenvalue weighted by atomic mass is 9.87. The molecule has 174 valence electrons. The van der Waals surface area contributed by atoms with Crippen LogP contribution in [0.3, 0.4) is 0 Å². The molecular weight excluding hydrogens is 437 g/mol. The van der Waals surface area contributed by atoms with Crippen molar-refractivity contribution in [1.29, 1.82) is 0 Å². The highest BCUT2D eigenvalue weighted by molar-refractivity contribution is 6.10. The lowest BCUT2D eigenvalue weighted by Crippen LogP contribution is -2.30. The number of amides is 2. The third kappa shape index (κ3) is 6.35. The van der Waals surface area contributed by atoms with Crippen molar-refractivity contribution < 1.29 is 18.9 Å². The monoisotopic (exact) mass is 461 g/mol. The van der Waals surface area contributed by atoms with Crippen LogP contribution in [-0.2, 0) is 10.2 Å². The zero-order chi connectivity index (χ0) is 24.9. The number of rotatable bonds is 6. The predicted molar refractivity (Wildman–Crippen MR) is 129 cm³/mol. The van der Waals surface area contributed by atoms with Gasteiger partial charge < -0.3 is 10.6 Å². The third-order valence-corrected chi connectivity index (χ3v) is 5.00. The van der Waals surface area contributed by atoms with Gasteiger partial charge in [-0.05, 0) is 65.1 Å². The molecule has 2 N–H and O–H groups in total. The second-order valence-corrected chi connectivity index (χ2v) is 8.65. The van der Waals surface area contributed by atoms with E-state index in [1.165, 1.54) is 48.5 Å². The molecule has 0 atom stereocenters. The lowest BCUT2D eigenvalue weighted by molar-refractivity contribution is -0.384. The second kappa shape index (κ2) is 10.1. The number of carbonyl (C=O) groups excluding carboxylic acids is 2.